The zero-order chi connectivity index (χ0) is 23.2. The van der Waals surface area contributed by atoms with Crippen molar-refractivity contribution >= 4 is 33.3 Å². The summed E-state index contributed by atoms with van der Waals surface area (Å²) < 4.78 is 33.7. The molecule has 0 aliphatic rings. The molecule has 0 radical (unpaired) electrons. The number of rotatable bonds is 9. The van der Waals surface area contributed by atoms with Crippen LogP contribution in [0, 0.1) is 0 Å². The Hall–Kier alpha value is -2.87. The van der Waals surface area contributed by atoms with E-state index in [-0.39, 0.29) is 16.9 Å². The summed E-state index contributed by atoms with van der Waals surface area (Å²) in [5, 5.41) is 2.61. The summed E-state index contributed by atoms with van der Waals surface area (Å²) in [5.41, 5.74) is 2.66. The molecule has 0 saturated heterocycles. The highest BCUT2D eigenvalue weighted by Crippen LogP contribution is 2.32. The molecular formula is C23H30N2O5S. The molecule has 1 N–H and O–H groups in total. The number of hydrogen-bond donors (Lipinski definition) is 1. The molecule has 2 aromatic carbocycles. The molecule has 0 spiro atoms. The summed E-state index contributed by atoms with van der Waals surface area (Å²) >= 11 is 0. The van der Waals surface area contributed by atoms with E-state index in [4.69, 9.17) is 4.74 Å². The Labute approximate surface area is 184 Å². The molecule has 0 aliphatic carbocycles. The van der Waals surface area contributed by atoms with Crippen LogP contribution in [0.4, 0.5) is 11.4 Å². The van der Waals surface area contributed by atoms with Crippen molar-refractivity contribution in [1.82, 2.24) is 0 Å². The van der Waals surface area contributed by atoms with Crippen LogP contribution in [-0.2, 0) is 37.2 Å². The van der Waals surface area contributed by atoms with Crippen LogP contribution in [-0.4, -0.2) is 32.9 Å². The van der Waals surface area contributed by atoms with Crippen molar-refractivity contribution in [3.8, 4) is 0 Å². The fourth-order valence-electron chi connectivity index (χ4n) is 3.28. The molecule has 168 valence electrons. The number of ether oxygens (including phenoxy) is 1. The minimum absolute atomic E-state index is 0.0203. The lowest BCUT2D eigenvalue weighted by Crippen LogP contribution is -2.38. The molecule has 0 aromatic heterocycles. The summed E-state index contributed by atoms with van der Waals surface area (Å²) in [4.78, 5) is 23.8. The summed E-state index contributed by atoms with van der Waals surface area (Å²) in [6, 6.07) is 11.5. The lowest BCUT2D eigenvalue weighted by atomic mass is 10.0. The number of aryl methyl sites for hydroxylation is 2. The van der Waals surface area contributed by atoms with Gasteiger partial charge in [0.25, 0.3) is 10.0 Å². The normalized spacial score (nSPS) is 11.3. The first-order valence-electron chi connectivity index (χ1n) is 10.3. The molecule has 0 fully saturated rings. The Morgan fingerprint density at radius 1 is 1.00 bits per heavy atom. The fourth-order valence-corrected chi connectivity index (χ4v) is 4.76. The van der Waals surface area contributed by atoms with Gasteiger partial charge in [0.15, 0.2) is 0 Å². The summed E-state index contributed by atoms with van der Waals surface area (Å²) in [7, 11) is -4.08. The number of hydrogen-bond acceptors (Lipinski definition) is 5. The van der Waals surface area contributed by atoms with Gasteiger partial charge in [-0.2, -0.15) is 0 Å². The van der Waals surface area contributed by atoms with Crippen molar-refractivity contribution in [3.05, 3.63) is 53.6 Å². The second-order valence-electron chi connectivity index (χ2n) is 7.39. The molecule has 31 heavy (non-hydrogen) atoms. The van der Waals surface area contributed by atoms with Crippen LogP contribution in [0.3, 0.4) is 0 Å². The van der Waals surface area contributed by atoms with E-state index in [0.717, 1.165) is 15.4 Å². The minimum atomic E-state index is -4.08. The number of sulfonamides is 1. The van der Waals surface area contributed by atoms with Gasteiger partial charge in [-0.15, -0.1) is 0 Å². The molecular weight excluding hydrogens is 416 g/mol. The van der Waals surface area contributed by atoms with E-state index in [1.54, 1.807) is 13.8 Å². The second kappa shape index (κ2) is 10.4. The quantitative estimate of drug-likeness (QED) is 0.590. The SMILES string of the molecule is CCc1cccc(CC)c1N(CC(=O)OC(C)C)S(=O)(=O)c1ccc(NC(C)=O)cc1. The molecule has 0 atom stereocenters. The number of nitrogens with zero attached hydrogens (tertiary/aromatic N) is 1. The Bertz CT molecular complexity index is 1010. The van der Waals surface area contributed by atoms with Crippen LogP contribution < -0.4 is 9.62 Å². The van der Waals surface area contributed by atoms with Crippen LogP contribution in [0.5, 0.6) is 0 Å². The number of para-hydroxylation sites is 1. The lowest BCUT2D eigenvalue weighted by Gasteiger charge is -2.28. The molecule has 0 bridgehead atoms. The summed E-state index contributed by atoms with van der Waals surface area (Å²) in [6.45, 7) is 8.26. The topological polar surface area (TPSA) is 92.8 Å². The standard InChI is InChI=1S/C23H30N2O5S/c1-6-18-9-8-10-19(7-2)23(18)25(15-22(27)30-16(3)4)31(28,29)21-13-11-20(12-14-21)24-17(5)26/h8-14,16H,6-7,15H2,1-5H3,(H,24,26). The van der Waals surface area contributed by atoms with Crippen molar-refractivity contribution in [2.75, 3.05) is 16.2 Å². The van der Waals surface area contributed by atoms with Crippen molar-refractivity contribution < 1.29 is 22.7 Å². The average Bonchev–Trinajstić information content (AvgIpc) is 2.70. The van der Waals surface area contributed by atoms with Gasteiger partial charge in [-0.1, -0.05) is 32.0 Å². The zero-order valence-corrected chi connectivity index (χ0v) is 19.5. The predicted octanol–water partition coefficient (Wildman–Crippen LogP) is 3.92. The van der Waals surface area contributed by atoms with Gasteiger partial charge in [-0.25, -0.2) is 8.42 Å². The number of esters is 1. The van der Waals surface area contributed by atoms with Crippen LogP contribution in [0.15, 0.2) is 47.4 Å². The van der Waals surface area contributed by atoms with E-state index in [2.05, 4.69) is 5.32 Å². The van der Waals surface area contributed by atoms with Crippen LogP contribution >= 0.6 is 0 Å². The Morgan fingerprint density at radius 3 is 2.00 bits per heavy atom. The second-order valence-corrected chi connectivity index (χ2v) is 9.25. The van der Waals surface area contributed by atoms with Gasteiger partial charge in [0.1, 0.15) is 6.54 Å². The third-order valence-electron chi connectivity index (χ3n) is 4.62. The van der Waals surface area contributed by atoms with Gasteiger partial charge in [-0.05, 0) is 62.1 Å². The molecule has 1 amide bonds. The van der Waals surface area contributed by atoms with E-state index in [1.807, 2.05) is 32.0 Å². The van der Waals surface area contributed by atoms with Gasteiger partial charge in [0.05, 0.1) is 16.7 Å². The Morgan fingerprint density at radius 2 is 1.55 bits per heavy atom. The maximum absolute atomic E-state index is 13.7. The van der Waals surface area contributed by atoms with Gasteiger partial charge >= 0.3 is 5.97 Å². The first-order chi connectivity index (χ1) is 14.6. The van der Waals surface area contributed by atoms with E-state index in [9.17, 15) is 18.0 Å². The monoisotopic (exact) mass is 446 g/mol. The van der Waals surface area contributed by atoms with Crippen LogP contribution in [0.1, 0.15) is 45.7 Å². The maximum Gasteiger partial charge on any atom is 0.327 e. The van der Waals surface area contributed by atoms with Crippen molar-refractivity contribution in [1.29, 1.82) is 0 Å². The van der Waals surface area contributed by atoms with Gasteiger partial charge < -0.3 is 10.1 Å². The van der Waals surface area contributed by atoms with Crippen LogP contribution in [0.2, 0.25) is 0 Å². The number of carbonyl (C=O) groups is 2. The van der Waals surface area contributed by atoms with E-state index in [0.29, 0.717) is 24.2 Å². The van der Waals surface area contributed by atoms with E-state index < -0.39 is 22.5 Å². The maximum atomic E-state index is 13.7. The van der Waals surface area contributed by atoms with Crippen molar-refractivity contribution in [3.63, 3.8) is 0 Å². The molecule has 0 aliphatic heterocycles. The molecule has 0 unspecified atom stereocenters. The molecule has 2 aromatic rings. The Kier molecular flexibility index (Phi) is 8.21. The van der Waals surface area contributed by atoms with Crippen molar-refractivity contribution in [2.45, 2.75) is 58.5 Å². The first kappa shape index (κ1) is 24.4. The molecule has 2 rings (SSSR count). The summed E-state index contributed by atoms with van der Waals surface area (Å²) in [5.74, 6) is -0.875. The average molecular weight is 447 g/mol. The summed E-state index contributed by atoms with van der Waals surface area (Å²) in [6.07, 6.45) is 0.854. The van der Waals surface area contributed by atoms with Gasteiger partial charge in [0.2, 0.25) is 5.91 Å². The Balaban J connectivity index is 2.60. The smallest absolute Gasteiger partial charge is 0.327 e. The number of carbonyl (C=O) groups excluding carboxylic acids is 2. The third kappa shape index (κ3) is 6.07. The number of benzene rings is 2. The van der Waals surface area contributed by atoms with Gasteiger partial charge in [0, 0.05) is 12.6 Å². The highest BCUT2D eigenvalue weighted by Gasteiger charge is 2.31. The largest absolute Gasteiger partial charge is 0.462 e. The highest BCUT2D eigenvalue weighted by molar-refractivity contribution is 7.92. The molecule has 8 heteroatoms. The zero-order valence-electron chi connectivity index (χ0n) is 18.6. The fraction of sp³-hybridized carbons (Fsp3) is 0.391. The molecule has 0 heterocycles. The molecule has 7 nitrogen and oxygen atoms in total. The first-order valence-corrected chi connectivity index (χ1v) is 11.7. The molecule has 0 saturated carbocycles. The highest BCUT2D eigenvalue weighted by atomic mass is 32.2. The lowest BCUT2D eigenvalue weighted by molar-refractivity contribution is -0.145. The van der Waals surface area contributed by atoms with Crippen LogP contribution in [0.25, 0.3) is 0 Å². The number of amides is 1. The minimum Gasteiger partial charge on any atom is -0.462 e. The van der Waals surface area contributed by atoms with Crippen molar-refractivity contribution in [2.24, 2.45) is 0 Å². The third-order valence-corrected chi connectivity index (χ3v) is 6.38. The number of nitrogens with one attached hydrogen (secondary N) is 1. The van der Waals surface area contributed by atoms with E-state index in [1.165, 1.54) is 31.2 Å². The van der Waals surface area contributed by atoms with E-state index >= 15 is 0 Å². The van der Waals surface area contributed by atoms with Gasteiger partial charge in [-0.3, -0.25) is 13.9 Å². The number of anilines is 2. The predicted molar refractivity (Wildman–Crippen MR) is 122 cm³/mol.